The summed E-state index contributed by atoms with van der Waals surface area (Å²) >= 11 is 1.05. The summed E-state index contributed by atoms with van der Waals surface area (Å²) in [6.07, 6.45) is -1.71. The number of nitrogens with one attached hydrogen (secondary N) is 1. The number of carbonyl (C=O) groups is 1. The Morgan fingerprint density at radius 3 is 2.83 bits per heavy atom. The lowest BCUT2D eigenvalue weighted by Gasteiger charge is -2.08. The molecular formula is C19H13F3N4O3S. The van der Waals surface area contributed by atoms with E-state index in [1.54, 1.807) is 12.1 Å². The molecule has 1 N–H and O–H groups in total. The van der Waals surface area contributed by atoms with Gasteiger partial charge in [0, 0.05) is 12.4 Å². The molecular weight excluding hydrogens is 421 g/mol. The van der Waals surface area contributed by atoms with E-state index in [2.05, 4.69) is 15.3 Å². The first kappa shape index (κ1) is 19.8. The predicted octanol–water partition coefficient (Wildman–Crippen LogP) is 3.81. The van der Waals surface area contributed by atoms with Gasteiger partial charge < -0.3 is 4.74 Å². The van der Waals surface area contributed by atoms with Gasteiger partial charge in [-0.2, -0.15) is 13.2 Å². The Kier molecular flexibility index (Phi) is 4.90. The summed E-state index contributed by atoms with van der Waals surface area (Å²) in [5.74, 6) is -0.649. The summed E-state index contributed by atoms with van der Waals surface area (Å²) in [4.78, 5) is 33.5. The number of carbonyl (C=O) groups excluding carboxylic acids is 1. The highest BCUT2D eigenvalue weighted by Gasteiger charge is 2.28. The number of thiazole rings is 1. The van der Waals surface area contributed by atoms with Gasteiger partial charge in [0.2, 0.25) is 0 Å². The van der Waals surface area contributed by atoms with Crippen LogP contribution < -0.4 is 15.6 Å². The molecule has 0 saturated heterocycles. The molecule has 1 aromatic carbocycles. The zero-order valence-electron chi connectivity index (χ0n) is 15.4. The van der Waals surface area contributed by atoms with Gasteiger partial charge in [0.25, 0.3) is 11.5 Å². The SMILES string of the molecule is Cc1ccn2c(=O)c(C(=O)Nc3nc4ccc(OCC(F)(F)F)cc4s3)cnc2c1. The largest absolute Gasteiger partial charge is 0.484 e. The van der Waals surface area contributed by atoms with Crippen molar-refractivity contribution in [1.82, 2.24) is 14.4 Å². The standard InChI is InChI=1S/C19H13F3N4O3S/c1-10-4-5-26-15(6-10)23-8-12(17(26)28)16(27)25-18-24-13-3-2-11(7-14(13)30-18)29-9-19(20,21)22/h2-8H,9H2,1H3,(H,24,25,27). The molecule has 1 amide bonds. The van der Waals surface area contributed by atoms with Crippen LogP contribution in [0.3, 0.4) is 0 Å². The van der Waals surface area contributed by atoms with Gasteiger partial charge in [0.1, 0.15) is 17.0 Å². The fourth-order valence-corrected chi connectivity index (χ4v) is 3.60. The molecule has 0 bridgehead atoms. The van der Waals surface area contributed by atoms with Crippen molar-refractivity contribution in [3.05, 3.63) is 64.2 Å². The Morgan fingerprint density at radius 1 is 1.27 bits per heavy atom. The molecule has 3 aromatic heterocycles. The maximum atomic E-state index is 12.6. The Morgan fingerprint density at radius 2 is 2.07 bits per heavy atom. The molecule has 30 heavy (non-hydrogen) atoms. The highest BCUT2D eigenvalue weighted by atomic mass is 32.1. The number of alkyl halides is 3. The van der Waals surface area contributed by atoms with Crippen LogP contribution in [0.25, 0.3) is 15.9 Å². The van der Waals surface area contributed by atoms with Crippen molar-refractivity contribution in [2.75, 3.05) is 11.9 Å². The van der Waals surface area contributed by atoms with Crippen molar-refractivity contribution in [3.63, 3.8) is 0 Å². The number of halogens is 3. The number of anilines is 1. The third kappa shape index (κ3) is 4.10. The van der Waals surface area contributed by atoms with E-state index in [4.69, 9.17) is 4.74 Å². The smallest absolute Gasteiger partial charge is 0.422 e. The van der Waals surface area contributed by atoms with Crippen molar-refractivity contribution in [3.8, 4) is 5.75 Å². The molecule has 0 aliphatic rings. The number of fused-ring (bicyclic) bond motifs is 2. The van der Waals surface area contributed by atoms with E-state index in [0.717, 1.165) is 16.9 Å². The summed E-state index contributed by atoms with van der Waals surface area (Å²) < 4.78 is 43.4. The topological polar surface area (TPSA) is 85.6 Å². The van der Waals surface area contributed by atoms with Gasteiger partial charge in [-0.1, -0.05) is 11.3 Å². The molecule has 154 valence electrons. The number of rotatable bonds is 4. The first-order valence-corrected chi connectivity index (χ1v) is 9.41. The molecule has 0 atom stereocenters. The molecule has 0 aliphatic carbocycles. The highest BCUT2D eigenvalue weighted by molar-refractivity contribution is 7.22. The molecule has 0 fully saturated rings. The van der Waals surface area contributed by atoms with Crippen molar-refractivity contribution < 1.29 is 22.7 Å². The maximum absolute atomic E-state index is 12.6. The molecule has 11 heteroatoms. The highest BCUT2D eigenvalue weighted by Crippen LogP contribution is 2.30. The number of benzene rings is 1. The lowest BCUT2D eigenvalue weighted by molar-refractivity contribution is -0.153. The van der Waals surface area contributed by atoms with Crippen LogP contribution in [0, 0.1) is 6.92 Å². The van der Waals surface area contributed by atoms with E-state index in [-0.39, 0.29) is 16.4 Å². The van der Waals surface area contributed by atoms with E-state index in [1.807, 2.05) is 6.92 Å². The molecule has 0 aliphatic heterocycles. The Bertz CT molecular complexity index is 1330. The van der Waals surface area contributed by atoms with Crippen molar-refractivity contribution in [2.45, 2.75) is 13.1 Å². The second kappa shape index (κ2) is 7.41. The Labute approximate surface area is 170 Å². The monoisotopic (exact) mass is 434 g/mol. The van der Waals surface area contributed by atoms with Crippen LogP contribution in [0.2, 0.25) is 0 Å². The van der Waals surface area contributed by atoms with E-state index >= 15 is 0 Å². The van der Waals surface area contributed by atoms with Crippen LogP contribution >= 0.6 is 11.3 Å². The third-order valence-corrected chi connectivity index (χ3v) is 5.03. The molecule has 0 saturated carbocycles. The average Bonchev–Trinajstić information content (AvgIpc) is 3.07. The minimum atomic E-state index is -4.44. The van der Waals surface area contributed by atoms with Crippen molar-refractivity contribution in [1.29, 1.82) is 0 Å². The maximum Gasteiger partial charge on any atom is 0.422 e. The van der Waals surface area contributed by atoms with E-state index in [9.17, 15) is 22.8 Å². The molecule has 4 aromatic rings. The van der Waals surface area contributed by atoms with Gasteiger partial charge in [-0.3, -0.25) is 19.3 Å². The number of amides is 1. The first-order valence-electron chi connectivity index (χ1n) is 8.59. The fraction of sp³-hybridized carbons (Fsp3) is 0.158. The van der Waals surface area contributed by atoms with E-state index < -0.39 is 24.2 Å². The number of nitrogens with zero attached hydrogens (tertiary/aromatic N) is 3. The lowest BCUT2D eigenvalue weighted by Crippen LogP contribution is -2.26. The number of hydrogen-bond donors (Lipinski definition) is 1. The molecule has 0 spiro atoms. The van der Waals surface area contributed by atoms with Crippen molar-refractivity contribution in [2.24, 2.45) is 0 Å². The quantitative estimate of drug-likeness (QED) is 0.528. The van der Waals surface area contributed by atoms with E-state index in [1.165, 1.54) is 35.0 Å². The molecule has 3 heterocycles. The van der Waals surface area contributed by atoms with Crippen molar-refractivity contribution >= 4 is 38.2 Å². The summed E-state index contributed by atoms with van der Waals surface area (Å²) in [6.45, 7) is 0.457. The summed E-state index contributed by atoms with van der Waals surface area (Å²) in [5, 5.41) is 2.73. The van der Waals surface area contributed by atoms with Gasteiger partial charge in [-0.25, -0.2) is 9.97 Å². The Balaban J connectivity index is 1.57. The van der Waals surface area contributed by atoms with Crippen LogP contribution in [0.5, 0.6) is 5.75 Å². The number of hydrogen-bond acceptors (Lipinski definition) is 6. The number of pyridine rings is 1. The second-order valence-corrected chi connectivity index (χ2v) is 7.45. The van der Waals surface area contributed by atoms with Gasteiger partial charge >= 0.3 is 6.18 Å². The minimum Gasteiger partial charge on any atom is -0.484 e. The zero-order valence-corrected chi connectivity index (χ0v) is 16.2. The zero-order chi connectivity index (χ0) is 21.5. The van der Waals surface area contributed by atoms with Crippen LogP contribution in [-0.2, 0) is 0 Å². The summed E-state index contributed by atoms with van der Waals surface area (Å²) in [5.41, 5.74) is 1.12. The third-order valence-electron chi connectivity index (χ3n) is 4.09. The molecule has 0 unspecified atom stereocenters. The lowest BCUT2D eigenvalue weighted by atomic mass is 10.2. The molecule has 0 radical (unpaired) electrons. The average molecular weight is 434 g/mol. The predicted molar refractivity (Wildman–Crippen MR) is 105 cm³/mol. The molecule has 7 nitrogen and oxygen atoms in total. The molecule has 4 rings (SSSR count). The first-order chi connectivity index (χ1) is 14.2. The summed E-state index contributed by atoms with van der Waals surface area (Å²) in [7, 11) is 0. The number of aromatic nitrogens is 3. The van der Waals surface area contributed by atoms with E-state index in [0.29, 0.717) is 15.9 Å². The van der Waals surface area contributed by atoms with Crippen LogP contribution in [0.4, 0.5) is 18.3 Å². The second-order valence-electron chi connectivity index (χ2n) is 6.42. The van der Waals surface area contributed by atoms with Crippen LogP contribution in [0.15, 0.2) is 47.5 Å². The normalized spacial score (nSPS) is 11.7. The van der Waals surface area contributed by atoms with Gasteiger partial charge in [-0.05, 0) is 42.8 Å². The van der Waals surface area contributed by atoms with Crippen LogP contribution in [0.1, 0.15) is 15.9 Å². The van der Waals surface area contributed by atoms with Gasteiger partial charge in [0.05, 0.1) is 10.2 Å². The minimum absolute atomic E-state index is 0.0358. The van der Waals surface area contributed by atoms with Gasteiger partial charge in [0.15, 0.2) is 11.7 Å². The number of aryl methyl sites for hydroxylation is 1. The Hall–Kier alpha value is -3.47. The summed E-state index contributed by atoms with van der Waals surface area (Å²) in [6, 6.07) is 7.70. The fourth-order valence-electron chi connectivity index (χ4n) is 2.71. The van der Waals surface area contributed by atoms with Gasteiger partial charge in [-0.15, -0.1) is 0 Å². The van der Waals surface area contributed by atoms with Crippen LogP contribution in [-0.4, -0.2) is 33.1 Å². The number of ether oxygens (including phenoxy) is 1.